The number of rotatable bonds is 9. The second-order valence-electron chi connectivity index (χ2n) is 9.25. The molecule has 1 aromatic heterocycles. The number of halogens is 1. The number of ether oxygens (including phenoxy) is 2. The van der Waals surface area contributed by atoms with Crippen LogP contribution in [0.25, 0.3) is 11.0 Å². The van der Waals surface area contributed by atoms with Crippen LogP contribution in [-0.2, 0) is 6.42 Å². The molecule has 6 nitrogen and oxygen atoms in total. The van der Waals surface area contributed by atoms with Crippen LogP contribution < -0.4 is 19.8 Å². The SMILES string of the molecule is CCCCOc1ccc(C2c3c(oc4ccc(F)cc4c3=O)C(=O)N2c2ccc(CC)cc2)cc1OCC. The molecule has 0 N–H and O–H groups in total. The van der Waals surface area contributed by atoms with E-state index in [1.165, 1.54) is 12.1 Å². The zero-order valence-electron chi connectivity index (χ0n) is 21.8. The van der Waals surface area contributed by atoms with Gasteiger partial charge in [0.15, 0.2) is 16.9 Å². The van der Waals surface area contributed by atoms with Crippen molar-refractivity contribution in [2.75, 3.05) is 18.1 Å². The standard InChI is InChI=1S/C31H30FNO5/c1-4-7-16-37-25-14-10-20(17-26(25)36-6-3)28-27-29(34)23-18-21(32)11-15-24(23)38-30(27)31(35)33(28)22-12-8-19(5-2)9-13-22/h8-15,17-18,28H,4-7,16H2,1-3H3. The molecule has 2 heterocycles. The molecule has 0 bridgehead atoms. The van der Waals surface area contributed by atoms with E-state index in [1.54, 1.807) is 17.0 Å². The number of hydrogen-bond acceptors (Lipinski definition) is 5. The topological polar surface area (TPSA) is 69.0 Å². The van der Waals surface area contributed by atoms with Gasteiger partial charge in [-0.1, -0.05) is 38.5 Å². The molecule has 38 heavy (non-hydrogen) atoms. The molecule has 0 fully saturated rings. The van der Waals surface area contributed by atoms with Crippen molar-refractivity contribution in [3.05, 3.63) is 99.2 Å². The first-order valence-corrected chi connectivity index (χ1v) is 13.0. The first-order valence-electron chi connectivity index (χ1n) is 13.0. The molecule has 196 valence electrons. The first kappa shape index (κ1) is 25.5. The van der Waals surface area contributed by atoms with Gasteiger partial charge in [-0.25, -0.2) is 4.39 Å². The summed E-state index contributed by atoms with van der Waals surface area (Å²) in [6, 6.07) is 16.0. The summed E-state index contributed by atoms with van der Waals surface area (Å²) in [5.41, 5.74) is 2.31. The summed E-state index contributed by atoms with van der Waals surface area (Å²) in [4.78, 5) is 29.1. The highest BCUT2D eigenvalue weighted by Gasteiger charge is 2.44. The van der Waals surface area contributed by atoms with Crippen molar-refractivity contribution in [3.63, 3.8) is 0 Å². The summed E-state index contributed by atoms with van der Waals surface area (Å²) < 4.78 is 31.9. The molecule has 1 amide bonds. The zero-order valence-corrected chi connectivity index (χ0v) is 21.8. The van der Waals surface area contributed by atoms with Gasteiger partial charge in [-0.2, -0.15) is 0 Å². The molecule has 1 aliphatic rings. The minimum atomic E-state index is -0.794. The monoisotopic (exact) mass is 515 g/mol. The van der Waals surface area contributed by atoms with Crippen molar-refractivity contribution in [3.8, 4) is 11.5 Å². The number of fused-ring (bicyclic) bond motifs is 2. The van der Waals surface area contributed by atoms with Crippen LogP contribution in [0.15, 0.2) is 69.9 Å². The van der Waals surface area contributed by atoms with Gasteiger partial charge in [0.1, 0.15) is 11.4 Å². The Kier molecular flexibility index (Phi) is 7.18. The summed E-state index contributed by atoms with van der Waals surface area (Å²) >= 11 is 0. The molecule has 1 aliphatic heterocycles. The molecule has 0 aliphatic carbocycles. The number of amides is 1. The molecule has 5 rings (SSSR count). The second-order valence-corrected chi connectivity index (χ2v) is 9.25. The van der Waals surface area contributed by atoms with E-state index in [0.29, 0.717) is 36.0 Å². The Morgan fingerprint density at radius 2 is 1.71 bits per heavy atom. The van der Waals surface area contributed by atoms with Crippen LogP contribution in [0.1, 0.15) is 66.9 Å². The predicted octanol–water partition coefficient (Wildman–Crippen LogP) is 6.82. The van der Waals surface area contributed by atoms with E-state index < -0.39 is 23.2 Å². The minimum absolute atomic E-state index is 0.0418. The summed E-state index contributed by atoms with van der Waals surface area (Å²) in [7, 11) is 0. The van der Waals surface area contributed by atoms with E-state index in [-0.39, 0.29) is 22.3 Å². The maximum atomic E-state index is 14.1. The maximum Gasteiger partial charge on any atom is 0.295 e. The average molecular weight is 516 g/mol. The highest BCUT2D eigenvalue weighted by Crippen LogP contribution is 2.43. The highest BCUT2D eigenvalue weighted by atomic mass is 19.1. The molecule has 0 saturated heterocycles. The van der Waals surface area contributed by atoms with Crippen molar-refractivity contribution in [2.24, 2.45) is 0 Å². The van der Waals surface area contributed by atoms with Crippen molar-refractivity contribution in [1.29, 1.82) is 0 Å². The van der Waals surface area contributed by atoms with Gasteiger partial charge >= 0.3 is 0 Å². The molecule has 0 saturated carbocycles. The van der Waals surface area contributed by atoms with Crippen LogP contribution in [0, 0.1) is 5.82 Å². The zero-order chi connectivity index (χ0) is 26.8. The average Bonchev–Trinajstić information content (AvgIpc) is 3.22. The minimum Gasteiger partial charge on any atom is -0.490 e. The number of nitrogens with zero attached hydrogens (tertiary/aromatic N) is 1. The van der Waals surface area contributed by atoms with Gasteiger partial charge in [0.05, 0.1) is 30.2 Å². The van der Waals surface area contributed by atoms with E-state index in [0.717, 1.165) is 30.9 Å². The number of hydrogen-bond donors (Lipinski definition) is 0. The summed E-state index contributed by atoms with van der Waals surface area (Å²) in [5.74, 6) is 0.100. The van der Waals surface area contributed by atoms with Gasteiger partial charge in [-0.05, 0) is 73.4 Å². The van der Waals surface area contributed by atoms with Crippen molar-refractivity contribution < 1.29 is 23.1 Å². The Balaban J connectivity index is 1.71. The molecule has 1 unspecified atom stereocenters. The third-order valence-corrected chi connectivity index (χ3v) is 6.79. The molecule has 7 heteroatoms. The predicted molar refractivity (Wildman–Crippen MR) is 145 cm³/mol. The lowest BCUT2D eigenvalue weighted by molar-refractivity contribution is 0.0971. The number of carbonyl (C=O) groups excluding carboxylic acids is 1. The largest absolute Gasteiger partial charge is 0.490 e. The number of anilines is 1. The van der Waals surface area contributed by atoms with E-state index in [4.69, 9.17) is 13.9 Å². The van der Waals surface area contributed by atoms with E-state index in [9.17, 15) is 14.0 Å². The fraction of sp³-hybridized carbons (Fsp3) is 0.290. The maximum absolute atomic E-state index is 14.1. The van der Waals surface area contributed by atoms with Crippen LogP contribution in [0.3, 0.4) is 0 Å². The van der Waals surface area contributed by atoms with E-state index in [2.05, 4.69) is 13.8 Å². The summed E-state index contributed by atoms with van der Waals surface area (Å²) in [6.07, 6.45) is 2.76. The van der Waals surface area contributed by atoms with Gasteiger partial charge in [0.25, 0.3) is 5.91 Å². The van der Waals surface area contributed by atoms with Crippen LogP contribution in [0.5, 0.6) is 11.5 Å². The molecule has 0 spiro atoms. The van der Waals surface area contributed by atoms with Gasteiger partial charge in [-0.15, -0.1) is 0 Å². The lowest BCUT2D eigenvalue weighted by Gasteiger charge is -2.26. The lowest BCUT2D eigenvalue weighted by Crippen LogP contribution is -2.29. The van der Waals surface area contributed by atoms with Gasteiger partial charge in [0, 0.05) is 5.69 Å². The fourth-order valence-corrected chi connectivity index (χ4v) is 4.83. The van der Waals surface area contributed by atoms with E-state index >= 15 is 0 Å². The third-order valence-electron chi connectivity index (χ3n) is 6.79. The summed E-state index contributed by atoms with van der Waals surface area (Å²) in [6.45, 7) is 7.00. The van der Waals surface area contributed by atoms with Crippen LogP contribution >= 0.6 is 0 Å². The highest BCUT2D eigenvalue weighted by molar-refractivity contribution is 6.10. The Bertz CT molecular complexity index is 1540. The summed E-state index contributed by atoms with van der Waals surface area (Å²) in [5, 5.41) is 0.0919. The van der Waals surface area contributed by atoms with Crippen LogP contribution in [-0.4, -0.2) is 19.1 Å². The number of unbranched alkanes of at least 4 members (excludes halogenated alkanes) is 1. The normalized spacial score (nSPS) is 14.7. The van der Waals surface area contributed by atoms with Crippen molar-refractivity contribution in [2.45, 2.75) is 46.1 Å². The van der Waals surface area contributed by atoms with Crippen LogP contribution in [0.2, 0.25) is 0 Å². The Morgan fingerprint density at radius 3 is 2.42 bits per heavy atom. The van der Waals surface area contributed by atoms with E-state index in [1.807, 2.05) is 37.3 Å². The fourth-order valence-electron chi connectivity index (χ4n) is 4.83. The second kappa shape index (κ2) is 10.7. The van der Waals surface area contributed by atoms with Crippen molar-refractivity contribution >= 4 is 22.6 Å². The molecule has 0 radical (unpaired) electrons. The molecule has 4 aromatic rings. The number of aryl methyl sites for hydroxylation is 1. The Morgan fingerprint density at radius 1 is 0.921 bits per heavy atom. The lowest BCUT2D eigenvalue weighted by atomic mass is 9.97. The number of benzene rings is 3. The smallest absolute Gasteiger partial charge is 0.295 e. The van der Waals surface area contributed by atoms with Gasteiger partial charge < -0.3 is 13.9 Å². The van der Waals surface area contributed by atoms with Crippen molar-refractivity contribution in [1.82, 2.24) is 0 Å². The first-order chi connectivity index (χ1) is 18.5. The molecule has 3 aromatic carbocycles. The molecular weight excluding hydrogens is 485 g/mol. The molecule has 1 atom stereocenters. The third kappa shape index (κ3) is 4.53. The molecular formula is C31H30FNO5. The van der Waals surface area contributed by atoms with Gasteiger partial charge in [-0.3, -0.25) is 14.5 Å². The Hall–Kier alpha value is -4.13. The quantitative estimate of drug-likeness (QED) is 0.229. The number of carbonyl (C=O) groups is 1. The Labute approximate surface area is 220 Å². The van der Waals surface area contributed by atoms with Gasteiger partial charge in [0.2, 0.25) is 5.76 Å². The van der Waals surface area contributed by atoms with Crippen LogP contribution in [0.4, 0.5) is 10.1 Å².